The van der Waals surface area contributed by atoms with Crippen LogP contribution in [-0.2, 0) is 16.0 Å². The number of nitrogens with one attached hydrogen (secondary N) is 1. The van der Waals surface area contributed by atoms with Gasteiger partial charge < -0.3 is 15.2 Å². The first kappa shape index (κ1) is 20.0. The van der Waals surface area contributed by atoms with E-state index in [2.05, 4.69) is 17.4 Å². The van der Waals surface area contributed by atoms with Gasteiger partial charge in [-0.15, -0.1) is 0 Å². The predicted molar refractivity (Wildman–Crippen MR) is 94.0 cm³/mol. The van der Waals surface area contributed by atoms with Gasteiger partial charge in [-0.25, -0.2) is 9.59 Å². The lowest BCUT2D eigenvalue weighted by Crippen LogP contribution is -2.43. The Morgan fingerprint density at radius 3 is 2.29 bits per heavy atom. The maximum absolute atomic E-state index is 11.7. The number of aliphatic carboxylic acids is 1. The predicted octanol–water partition coefficient (Wildman–Crippen LogP) is 4.16. The Kier molecular flexibility index (Phi) is 8.30. The highest BCUT2D eigenvalue weighted by Gasteiger charge is 2.23. The van der Waals surface area contributed by atoms with E-state index in [1.165, 1.54) is 5.56 Å². The zero-order valence-corrected chi connectivity index (χ0v) is 14.9. The molecule has 2 N–H and O–H groups in total. The van der Waals surface area contributed by atoms with Gasteiger partial charge in [-0.3, -0.25) is 0 Å². The van der Waals surface area contributed by atoms with E-state index in [9.17, 15) is 14.7 Å². The van der Waals surface area contributed by atoms with Gasteiger partial charge in [0.2, 0.25) is 0 Å². The third-order valence-electron chi connectivity index (χ3n) is 3.54. The number of rotatable bonds is 9. The summed E-state index contributed by atoms with van der Waals surface area (Å²) in [6.45, 7) is 5.24. The van der Waals surface area contributed by atoms with E-state index in [4.69, 9.17) is 4.74 Å². The standard InChI is InChI=1S/C19H29NO4/c1-19(2,3)24-18(23)20-16(17(21)22)14-10-5-4-7-11-15-12-8-6-9-13-15/h6,8-9,12-13,16H,4-5,7,10-11,14H2,1-3H3,(H,20,23)(H,21,22). The molecule has 0 heterocycles. The monoisotopic (exact) mass is 335 g/mol. The lowest BCUT2D eigenvalue weighted by molar-refractivity contribution is -0.139. The van der Waals surface area contributed by atoms with Gasteiger partial charge in [-0.2, -0.15) is 0 Å². The molecule has 1 amide bonds. The number of benzene rings is 1. The van der Waals surface area contributed by atoms with Gasteiger partial charge >= 0.3 is 12.1 Å². The first-order valence-electron chi connectivity index (χ1n) is 8.54. The topological polar surface area (TPSA) is 75.6 Å². The normalized spacial score (nSPS) is 12.5. The van der Waals surface area contributed by atoms with Crippen molar-refractivity contribution in [3.8, 4) is 0 Å². The molecule has 0 aliphatic rings. The van der Waals surface area contributed by atoms with Crippen LogP contribution in [0.2, 0.25) is 0 Å². The Labute approximate surface area is 144 Å². The molecule has 5 heteroatoms. The van der Waals surface area contributed by atoms with Crippen molar-refractivity contribution in [3.63, 3.8) is 0 Å². The third-order valence-corrected chi connectivity index (χ3v) is 3.54. The largest absolute Gasteiger partial charge is 0.480 e. The summed E-state index contributed by atoms with van der Waals surface area (Å²) < 4.78 is 5.10. The van der Waals surface area contributed by atoms with Gasteiger partial charge in [0.05, 0.1) is 0 Å². The number of ether oxygens (including phenoxy) is 1. The molecule has 0 saturated carbocycles. The highest BCUT2D eigenvalue weighted by molar-refractivity contribution is 5.79. The average molecular weight is 335 g/mol. The number of hydrogen-bond donors (Lipinski definition) is 2. The summed E-state index contributed by atoms with van der Waals surface area (Å²) in [5.41, 5.74) is 0.692. The van der Waals surface area contributed by atoms with E-state index in [0.717, 1.165) is 32.1 Å². The van der Waals surface area contributed by atoms with E-state index in [-0.39, 0.29) is 0 Å². The molecular formula is C19H29NO4. The Balaban J connectivity index is 2.22. The Morgan fingerprint density at radius 2 is 1.71 bits per heavy atom. The van der Waals surface area contributed by atoms with Crippen LogP contribution >= 0.6 is 0 Å². The Bertz CT molecular complexity index is 508. The Hall–Kier alpha value is -2.04. The summed E-state index contributed by atoms with van der Waals surface area (Å²) in [4.78, 5) is 22.9. The summed E-state index contributed by atoms with van der Waals surface area (Å²) in [7, 11) is 0. The van der Waals surface area contributed by atoms with Crippen LogP contribution in [0.25, 0.3) is 0 Å². The maximum Gasteiger partial charge on any atom is 0.408 e. The number of carboxylic acid groups (broad SMARTS) is 1. The zero-order chi connectivity index (χ0) is 18.0. The van der Waals surface area contributed by atoms with Crippen LogP contribution in [0.15, 0.2) is 30.3 Å². The number of alkyl carbamates (subject to hydrolysis) is 1. The highest BCUT2D eigenvalue weighted by atomic mass is 16.6. The molecule has 0 aromatic heterocycles. The molecule has 24 heavy (non-hydrogen) atoms. The van der Waals surface area contributed by atoms with E-state index >= 15 is 0 Å². The van der Waals surface area contributed by atoms with E-state index < -0.39 is 23.7 Å². The fourth-order valence-electron chi connectivity index (χ4n) is 2.38. The highest BCUT2D eigenvalue weighted by Crippen LogP contribution is 2.11. The molecule has 1 unspecified atom stereocenters. The molecule has 0 aliphatic carbocycles. The second kappa shape index (κ2) is 9.96. The van der Waals surface area contributed by atoms with Crippen LogP contribution in [0, 0.1) is 0 Å². The van der Waals surface area contributed by atoms with Gasteiger partial charge in [-0.05, 0) is 45.6 Å². The smallest absolute Gasteiger partial charge is 0.408 e. The van der Waals surface area contributed by atoms with Crippen molar-refractivity contribution in [2.75, 3.05) is 0 Å². The summed E-state index contributed by atoms with van der Waals surface area (Å²) >= 11 is 0. The second-order valence-electron chi connectivity index (χ2n) is 6.98. The first-order chi connectivity index (χ1) is 11.3. The number of unbranched alkanes of at least 4 members (excludes halogenated alkanes) is 3. The molecule has 1 atom stereocenters. The van der Waals surface area contributed by atoms with Crippen molar-refractivity contribution in [2.45, 2.75) is 70.9 Å². The van der Waals surface area contributed by atoms with Crippen LogP contribution in [0.5, 0.6) is 0 Å². The Morgan fingerprint density at radius 1 is 1.08 bits per heavy atom. The minimum Gasteiger partial charge on any atom is -0.480 e. The zero-order valence-electron chi connectivity index (χ0n) is 14.9. The SMILES string of the molecule is CC(C)(C)OC(=O)NC(CCCCCCc1ccccc1)C(=O)O. The van der Waals surface area contributed by atoms with E-state index in [0.29, 0.717) is 6.42 Å². The number of carboxylic acids is 1. The van der Waals surface area contributed by atoms with Crippen LogP contribution in [0.4, 0.5) is 4.79 Å². The van der Waals surface area contributed by atoms with Crippen LogP contribution in [0.1, 0.15) is 58.4 Å². The molecule has 5 nitrogen and oxygen atoms in total. The number of hydrogen-bond acceptors (Lipinski definition) is 3. The quantitative estimate of drug-likeness (QED) is 0.665. The number of aryl methyl sites for hydroxylation is 1. The first-order valence-corrected chi connectivity index (χ1v) is 8.54. The molecule has 1 aromatic rings. The van der Waals surface area contributed by atoms with Gasteiger partial charge in [-0.1, -0.05) is 49.6 Å². The van der Waals surface area contributed by atoms with Crippen molar-refractivity contribution in [1.29, 1.82) is 0 Å². The van der Waals surface area contributed by atoms with Crippen molar-refractivity contribution < 1.29 is 19.4 Å². The van der Waals surface area contributed by atoms with Crippen molar-refractivity contribution in [1.82, 2.24) is 5.32 Å². The number of amides is 1. The summed E-state index contributed by atoms with van der Waals surface area (Å²) in [6, 6.07) is 9.42. The minimum absolute atomic E-state index is 0.417. The molecule has 0 saturated heterocycles. The molecule has 0 aliphatic heterocycles. The van der Waals surface area contributed by atoms with Gasteiger partial charge in [0, 0.05) is 0 Å². The average Bonchev–Trinajstić information content (AvgIpc) is 2.48. The lowest BCUT2D eigenvalue weighted by atomic mass is 10.0. The molecule has 0 fully saturated rings. The molecule has 1 aromatic carbocycles. The van der Waals surface area contributed by atoms with Gasteiger partial charge in [0.15, 0.2) is 0 Å². The van der Waals surface area contributed by atoms with Crippen molar-refractivity contribution in [2.24, 2.45) is 0 Å². The minimum atomic E-state index is -1.02. The van der Waals surface area contributed by atoms with Crippen molar-refractivity contribution in [3.05, 3.63) is 35.9 Å². The molecular weight excluding hydrogens is 306 g/mol. The van der Waals surface area contributed by atoms with Gasteiger partial charge in [0.25, 0.3) is 0 Å². The molecule has 0 radical (unpaired) electrons. The number of carbonyl (C=O) groups is 2. The van der Waals surface area contributed by atoms with Crippen LogP contribution in [-0.4, -0.2) is 28.8 Å². The molecule has 134 valence electrons. The summed E-state index contributed by atoms with van der Waals surface area (Å²) in [5.74, 6) is -1.02. The van der Waals surface area contributed by atoms with E-state index in [1.54, 1.807) is 20.8 Å². The van der Waals surface area contributed by atoms with Gasteiger partial charge in [0.1, 0.15) is 11.6 Å². The molecule has 1 rings (SSSR count). The van der Waals surface area contributed by atoms with Crippen molar-refractivity contribution >= 4 is 12.1 Å². The summed E-state index contributed by atoms with van der Waals surface area (Å²) in [6.07, 6.45) is 4.63. The second-order valence-corrected chi connectivity index (χ2v) is 6.98. The maximum atomic E-state index is 11.7. The number of carbonyl (C=O) groups excluding carboxylic acids is 1. The van der Waals surface area contributed by atoms with E-state index in [1.807, 2.05) is 18.2 Å². The summed E-state index contributed by atoms with van der Waals surface area (Å²) in [5, 5.41) is 11.6. The molecule has 0 bridgehead atoms. The molecule has 0 spiro atoms. The fourth-order valence-corrected chi connectivity index (χ4v) is 2.38. The third kappa shape index (κ3) is 9.18. The van der Waals surface area contributed by atoms with Crippen LogP contribution < -0.4 is 5.32 Å². The fraction of sp³-hybridized carbons (Fsp3) is 0.579. The lowest BCUT2D eigenvalue weighted by Gasteiger charge is -2.22. The van der Waals surface area contributed by atoms with Crippen LogP contribution in [0.3, 0.4) is 0 Å².